The van der Waals surface area contributed by atoms with E-state index in [4.69, 9.17) is 9.84 Å². The van der Waals surface area contributed by atoms with Gasteiger partial charge in [0.25, 0.3) is 5.91 Å². The molecule has 5 aromatic rings. The first-order valence-corrected chi connectivity index (χ1v) is 10.6. The molecule has 0 unspecified atom stereocenters. The molecule has 154 valence electrons. The van der Waals surface area contributed by atoms with Crippen molar-refractivity contribution < 1.29 is 9.53 Å². The molecule has 3 heterocycles. The van der Waals surface area contributed by atoms with Crippen molar-refractivity contribution >= 4 is 22.2 Å². The largest absolute Gasteiger partial charge is 0.496 e. The van der Waals surface area contributed by atoms with E-state index in [0.717, 1.165) is 21.9 Å². The number of ether oxygens (including phenoxy) is 1. The summed E-state index contributed by atoms with van der Waals surface area (Å²) in [4.78, 5) is 18.6. The normalized spacial score (nSPS) is 11.0. The number of aromatic nitrogens is 4. The molecule has 1 N–H and O–H groups in total. The van der Waals surface area contributed by atoms with Crippen LogP contribution in [-0.2, 0) is 6.54 Å². The number of benzene rings is 2. The van der Waals surface area contributed by atoms with E-state index in [1.807, 2.05) is 76.8 Å². The van der Waals surface area contributed by atoms with Gasteiger partial charge in [-0.25, -0.2) is 9.67 Å². The van der Waals surface area contributed by atoms with E-state index in [2.05, 4.69) is 10.3 Å². The van der Waals surface area contributed by atoms with Crippen molar-refractivity contribution in [3.63, 3.8) is 0 Å². The number of nitrogens with zero attached hydrogens (tertiary/aromatic N) is 4. The van der Waals surface area contributed by atoms with Crippen LogP contribution in [0.1, 0.15) is 16.1 Å². The van der Waals surface area contributed by atoms with E-state index in [9.17, 15) is 4.79 Å². The van der Waals surface area contributed by atoms with Gasteiger partial charge in [0.05, 0.1) is 30.6 Å². The first-order chi connectivity index (χ1) is 15.2. The van der Waals surface area contributed by atoms with Crippen molar-refractivity contribution in [1.29, 1.82) is 0 Å². The lowest BCUT2D eigenvalue weighted by Gasteiger charge is -2.08. The molecule has 0 saturated carbocycles. The topological polar surface area (TPSA) is 73.5 Å². The van der Waals surface area contributed by atoms with Gasteiger partial charge in [-0.15, -0.1) is 11.3 Å². The highest BCUT2D eigenvalue weighted by atomic mass is 32.1. The van der Waals surface area contributed by atoms with Gasteiger partial charge in [0.1, 0.15) is 11.4 Å². The minimum Gasteiger partial charge on any atom is -0.496 e. The molecule has 0 bridgehead atoms. The Morgan fingerprint density at radius 1 is 1.10 bits per heavy atom. The minimum atomic E-state index is -0.223. The number of nitrogens with one attached hydrogen (secondary N) is 1. The molecule has 3 aromatic heterocycles. The van der Waals surface area contributed by atoms with Gasteiger partial charge in [0.15, 0.2) is 4.96 Å². The highest BCUT2D eigenvalue weighted by Crippen LogP contribution is 2.31. The summed E-state index contributed by atoms with van der Waals surface area (Å²) >= 11 is 1.56. The van der Waals surface area contributed by atoms with Gasteiger partial charge < -0.3 is 10.1 Å². The number of imidazole rings is 1. The Balaban J connectivity index is 1.50. The summed E-state index contributed by atoms with van der Waals surface area (Å²) in [5, 5.41) is 9.67. The maximum atomic E-state index is 13.2. The first-order valence-electron chi connectivity index (χ1n) is 9.70. The van der Waals surface area contributed by atoms with Gasteiger partial charge in [0.2, 0.25) is 0 Å². The van der Waals surface area contributed by atoms with Gasteiger partial charge in [-0.05, 0) is 24.3 Å². The second-order valence-electron chi connectivity index (χ2n) is 6.88. The Labute approximate surface area is 182 Å². The Morgan fingerprint density at radius 3 is 2.71 bits per heavy atom. The quantitative estimate of drug-likeness (QED) is 0.439. The molecule has 0 aliphatic heterocycles. The van der Waals surface area contributed by atoms with Gasteiger partial charge in [-0.1, -0.05) is 30.3 Å². The molecule has 0 spiro atoms. The number of methoxy groups -OCH3 is 1. The third-order valence-electron chi connectivity index (χ3n) is 4.91. The van der Waals surface area contributed by atoms with Crippen LogP contribution in [0.3, 0.4) is 0 Å². The number of amides is 1. The molecule has 0 atom stereocenters. The number of hydrogen-bond donors (Lipinski definition) is 1. The van der Waals surface area contributed by atoms with Crippen LogP contribution >= 0.6 is 11.3 Å². The average Bonchev–Trinajstić information content (AvgIpc) is 3.53. The first kappa shape index (κ1) is 19.1. The number of hydrogen-bond acceptors (Lipinski definition) is 5. The lowest BCUT2D eigenvalue weighted by Crippen LogP contribution is -2.23. The maximum absolute atomic E-state index is 13.2. The van der Waals surface area contributed by atoms with Gasteiger partial charge in [0, 0.05) is 29.5 Å². The van der Waals surface area contributed by atoms with Gasteiger partial charge >= 0.3 is 0 Å². The Kier molecular flexibility index (Phi) is 4.97. The second-order valence-corrected chi connectivity index (χ2v) is 7.75. The number of carbonyl (C=O) groups excluding carboxylic acids is 1. The molecular weight excluding hydrogens is 410 g/mol. The number of para-hydroxylation sites is 2. The number of carbonyl (C=O) groups is 1. The van der Waals surface area contributed by atoms with Crippen molar-refractivity contribution in [2.75, 3.05) is 7.11 Å². The highest BCUT2D eigenvalue weighted by Gasteiger charge is 2.21. The maximum Gasteiger partial charge on any atom is 0.255 e. The molecule has 0 aliphatic rings. The molecule has 31 heavy (non-hydrogen) atoms. The summed E-state index contributed by atoms with van der Waals surface area (Å²) in [5.74, 6) is 0.434. The van der Waals surface area contributed by atoms with E-state index in [-0.39, 0.29) is 5.91 Å². The van der Waals surface area contributed by atoms with Crippen molar-refractivity contribution in [3.8, 4) is 22.7 Å². The Bertz CT molecular complexity index is 1320. The summed E-state index contributed by atoms with van der Waals surface area (Å²) in [5.41, 5.74) is 3.45. The third-order valence-corrected chi connectivity index (χ3v) is 5.69. The van der Waals surface area contributed by atoms with Crippen LogP contribution in [0.4, 0.5) is 0 Å². The van der Waals surface area contributed by atoms with Crippen LogP contribution in [-0.4, -0.2) is 32.2 Å². The monoisotopic (exact) mass is 429 g/mol. The van der Waals surface area contributed by atoms with Crippen LogP contribution in [0.2, 0.25) is 0 Å². The van der Waals surface area contributed by atoms with E-state index < -0.39 is 0 Å². The Hall–Kier alpha value is -3.91. The molecule has 1 amide bonds. The van der Waals surface area contributed by atoms with Crippen molar-refractivity contribution in [1.82, 2.24) is 24.5 Å². The zero-order valence-corrected chi connectivity index (χ0v) is 17.5. The molecular formula is C23H19N5O2S. The second kappa shape index (κ2) is 8.08. The lowest BCUT2D eigenvalue weighted by molar-refractivity contribution is 0.0951. The number of thiazole rings is 1. The van der Waals surface area contributed by atoms with Crippen molar-refractivity contribution in [3.05, 3.63) is 89.8 Å². The number of fused-ring (bicyclic) bond motifs is 1. The number of rotatable bonds is 6. The molecule has 8 heteroatoms. The fourth-order valence-electron chi connectivity index (χ4n) is 3.42. The zero-order chi connectivity index (χ0) is 21.2. The highest BCUT2D eigenvalue weighted by molar-refractivity contribution is 7.15. The summed E-state index contributed by atoms with van der Waals surface area (Å²) in [6.45, 7) is 0.328. The van der Waals surface area contributed by atoms with E-state index in [1.54, 1.807) is 29.3 Å². The summed E-state index contributed by atoms with van der Waals surface area (Å²) < 4.78 is 9.17. The molecule has 0 fully saturated rings. The molecule has 2 aromatic carbocycles. The van der Waals surface area contributed by atoms with Gasteiger partial charge in [-0.3, -0.25) is 9.20 Å². The van der Waals surface area contributed by atoms with Crippen LogP contribution in [0.15, 0.2) is 78.6 Å². The van der Waals surface area contributed by atoms with Crippen LogP contribution in [0.5, 0.6) is 5.75 Å². The van der Waals surface area contributed by atoms with Crippen LogP contribution < -0.4 is 10.1 Å². The smallest absolute Gasteiger partial charge is 0.255 e. The summed E-state index contributed by atoms with van der Waals surface area (Å²) in [6, 6.07) is 17.2. The van der Waals surface area contributed by atoms with Crippen molar-refractivity contribution in [2.45, 2.75) is 6.54 Å². The molecule has 0 radical (unpaired) electrons. The van der Waals surface area contributed by atoms with E-state index in [0.29, 0.717) is 23.6 Å². The SMILES string of the molecule is COc1ccccc1-c1nn(-c2ccccc2)cc1C(=O)NCc1cn2ccsc2n1. The fraction of sp³-hybridized carbons (Fsp3) is 0.0870. The van der Waals surface area contributed by atoms with Gasteiger partial charge in [-0.2, -0.15) is 5.10 Å². The average molecular weight is 430 g/mol. The predicted octanol–water partition coefficient (Wildman–Crippen LogP) is 4.19. The fourth-order valence-corrected chi connectivity index (χ4v) is 4.14. The molecule has 7 nitrogen and oxygen atoms in total. The van der Waals surface area contributed by atoms with E-state index >= 15 is 0 Å². The van der Waals surface area contributed by atoms with Crippen LogP contribution in [0.25, 0.3) is 21.9 Å². The summed E-state index contributed by atoms with van der Waals surface area (Å²) in [6.07, 6.45) is 5.61. The van der Waals surface area contributed by atoms with Crippen molar-refractivity contribution in [2.24, 2.45) is 0 Å². The molecule has 0 aliphatic carbocycles. The molecule has 0 saturated heterocycles. The van der Waals surface area contributed by atoms with Crippen LogP contribution in [0, 0.1) is 0 Å². The lowest BCUT2D eigenvalue weighted by atomic mass is 10.1. The molecule has 5 rings (SSSR count). The predicted molar refractivity (Wildman–Crippen MR) is 120 cm³/mol. The zero-order valence-electron chi connectivity index (χ0n) is 16.7. The Morgan fingerprint density at radius 2 is 1.90 bits per heavy atom. The van der Waals surface area contributed by atoms with E-state index in [1.165, 1.54) is 0 Å². The minimum absolute atomic E-state index is 0.223. The third kappa shape index (κ3) is 3.69. The standard InChI is InChI=1S/C23H19N5O2S/c1-30-20-10-6-5-9-18(20)21-19(15-28(26-21)17-7-3-2-4-8-17)22(29)24-13-16-14-27-11-12-31-23(27)25-16/h2-12,14-15H,13H2,1H3,(H,24,29). The summed E-state index contributed by atoms with van der Waals surface area (Å²) in [7, 11) is 1.61.